The minimum absolute atomic E-state index is 0.112. The first-order valence-corrected chi connectivity index (χ1v) is 9.38. The normalized spacial score (nSPS) is 13.8. The molecule has 6 heteroatoms. The van der Waals surface area contributed by atoms with Crippen molar-refractivity contribution in [3.8, 4) is 0 Å². The van der Waals surface area contributed by atoms with E-state index >= 15 is 0 Å². The van der Waals surface area contributed by atoms with Gasteiger partial charge in [-0.2, -0.15) is 12.6 Å². The predicted octanol–water partition coefficient (Wildman–Crippen LogP) is 2.50. The van der Waals surface area contributed by atoms with Gasteiger partial charge in [0.2, 0.25) is 0 Å². The van der Waals surface area contributed by atoms with Gasteiger partial charge in [-0.3, -0.25) is 0 Å². The van der Waals surface area contributed by atoms with Crippen LogP contribution in [-0.2, 0) is 13.3 Å². The predicted molar refractivity (Wildman–Crippen MR) is 79.1 cm³/mol. The zero-order valence-electron chi connectivity index (χ0n) is 11.9. The molecule has 4 nitrogen and oxygen atoms in total. The van der Waals surface area contributed by atoms with Gasteiger partial charge in [-0.1, -0.05) is 0 Å². The van der Waals surface area contributed by atoms with E-state index in [4.69, 9.17) is 18.4 Å². The third-order valence-corrected chi connectivity index (χ3v) is 6.02. The summed E-state index contributed by atoms with van der Waals surface area (Å²) in [6.07, 6.45) is 2.75. The van der Waals surface area contributed by atoms with E-state index in [1.165, 1.54) is 0 Å². The molecule has 110 valence electrons. The van der Waals surface area contributed by atoms with E-state index in [1.54, 1.807) is 0 Å². The number of thiol groups is 1. The largest absolute Gasteiger partial charge is 0.501 e. The molecule has 0 fully saturated rings. The summed E-state index contributed by atoms with van der Waals surface area (Å²) in [7, 11) is -2.61. The van der Waals surface area contributed by atoms with Gasteiger partial charge in [0.25, 0.3) is 0 Å². The van der Waals surface area contributed by atoms with Crippen LogP contribution in [-0.4, -0.2) is 45.6 Å². The van der Waals surface area contributed by atoms with Crippen LogP contribution in [0.4, 0.5) is 0 Å². The molecular weight excluding hydrogens is 268 g/mol. The van der Waals surface area contributed by atoms with Gasteiger partial charge in [0.05, 0.1) is 0 Å². The van der Waals surface area contributed by atoms with Crippen molar-refractivity contribution in [2.75, 3.05) is 25.6 Å². The van der Waals surface area contributed by atoms with E-state index < -0.39 is 8.80 Å². The lowest BCUT2D eigenvalue weighted by Crippen LogP contribution is -2.48. The van der Waals surface area contributed by atoms with Crippen LogP contribution in [0.25, 0.3) is 0 Å². The van der Waals surface area contributed by atoms with Crippen LogP contribution < -0.4 is 0 Å². The molecule has 0 radical (unpaired) electrons. The number of hydrogen-bond acceptors (Lipinski definition) is 5. The molecule has 0 aliphatic heterocycles. The van der Waals surface area contributed by atoms with Crippen LogP contribution in [0.3, 0.4) is 0 Å². The molecular formula is C12H28O4SSi. The monoisotopic (exact) mass is 296 g/mol. The maximum Gasteiger partial charge on any atom is 0.501 e. The average Bonchev–Trinajstić information content (AvgIpc) is 2.34. The standard InChI is InChI=1S/C12H28O4SSi/c1-4-14-18(15-5-2,11-7-9-13)16-12(3)8-6-10-17/h12-13,17H,4-11H2,1-3H3. The Balaban J connectivity index is 4.47. The maximum atomic E-state index is 8.99. The Bertz CT molecular complexity index is 189. The molecule has 0 saturated heterocycles. The number of hydrogen-bond donors (Lipinski definition) is 2. The fraction of sp³-hybridized carbons (Fsp3) is 1.00. The van der Waals surface area contributed by atoms with E-state index in [-0.39, 0.29) is 12.7 Å². The van der Waals surface area contributed by atoms with Gasteiger partial charge in [-0.05, 0) is 45.8 Å². The molecule has 0 rings (SSSR count). The van der Waals surface area contributed by atoms with Crippen molar-refractivity contribution in [2.24, 2.45) is 0 Å². The van der Waals surface area contributed by atoms with Crippen molar-refractivity contribution >= 4 is 21.4 Å². The summed E-state index contributed by atoms with van der Waals surface area (Å²) < 4.78 is 17.6. The summed E-state index contributed by atoms with van der Waals surface area (Å²) >= 11 is 4.21. The smallest absolute Gasteiger partial charge is 0.396 e. The topological polar surface area (TPSA) is 47.9 Å². The number of aliphatic hydroxyl groups is 1. The highest BCUT2D eigenvalue weighted by Gasteiger charge is 2.41. The van der Waals surface area contributed by atoms with Crippen LogP contribution >= 0.6 is 12.6 Å². The molecule has 0 heterocycles. The first-order chi connectivity index (χ1) is 8.64. The highest BCUT2D eigenvalue weighted by Crippen LogP contribution is 2.21. The highest BCUT2D eigenvalue weighted by molar-refractivity contribution is 7.80. The Labute approximate surface area is 118 Å². The van der Waals surface area contributed by atoms with Gasteiger partial charge in [-0.15, -0.1) is 0 Å². The Hall–Kier alpha value is 0.407. The summed E-state index contributed by atoms with van der Waals surface area (Å²) in [6.45, 7) is 7.24. The Morgan fingerprint density at radius 3 is 2.22 bits per heavy atom. The first-order valence-electron chi connectivity index (χ1n) is 6.81. The molecule has 0 aromatic heterocycles. The molecule has 0 aromatic rings. The van der Waals surface area contributed by atoms with Crippen LogP contribution in [0.5, 0.6) is 0 Å². The summed E-state index contributed by atoms with van der Waals surface area (Å²) in [5.74, 6) is 0.863. The van der Waals surface area contributed by atoms with E-state index in [1.807, 2.05) is 20.8 Å². The maximum absolute atomic E-state index is 8.99. The molecule has 0 aliphatic carbocycles. The molecule has 0 bridgehead atoms. The van der Waals surface area contributed by atoms with Crippen molar-refractivity contribution in [1.29, 1.82) is 0 Å². The van der Waals surface area contributed by atoms with E-state index in [2.05, 4.69) is 12.6 Å². The van der Waals surface area contributed by atoms with Crippen LogP contribution in [0.1, 0.15) is 40.0 Å². The quantitative estimate of drug-likeness (QED) is 0.429. The first kappa shape index (κ1) is 18.4. The fourth-order valence-electron chi connectivity index (χ4n) is 1.79. The van der Waals surface area contributed by atoms with E-state index in [0.717, 1.165) is 18.6 Å². The lowest BCUT2D eigenvalue weighted by Gasteiger charge is -2.31. The van der Waals surface area contributed by atoms with Gasteiger partial charge < -0.3 is 18.4 Å². The zero-order chi connectivity index (χ0) is 13.9. The Kier molecular flexibility index (Phi) is 11.5. The molecule has 0 spiro atoms. The Morgan fingerprint density at radius 2 is 1.78 bits per heavy atom. The SMILES string of the molecule is CCO[Si](CCCO)(OCC)OC(C)CCCS. The second kappa shape index (κ2) is 11.3. The fourth-order valence-corrected chi connectivity index (χ4v) is 4.80. The number of rotatable bonds is 12. The third-order valence-electron chi connectivity index (χ3n) is 2.52. The highest BCUT2D eigenvalue weighted by atomic mass is 32.1. The minimum atomic E-state index is -2.61. The van der Waals surface area contributed by atoms with Gasteiger partial charge >= 0.3 is 8.80 Å². The average molecular weight is 297 g/mol. The molecule has 0 aliphatic rings. The van der Waals surface area contributed by atoms with Gasteiger partial charge in [0.15, 0.2) is 0 Å². The Morgan fingerprint density at radius 1 is 1.17 bits per heavy atom. The van der Waals surface area contributed by atoms with Crippen molar-refractivity contribution in [2.45, 2.75) is 52.2 Å². The van der Waals surface area contributed by atoms with Crippen molar-refractivity contribution in [1.82, 2.24) is 0 Å². The summed E-state index contributed by atoms with van der Waals surface area (Å²) in [5, 5.41) is 8.99. The van der Waals surface area contributed by atoms with Crippen LogP contribution in [0.15, 0.2) is 0 Å². The van der Waals surface area contributed by atoms with Crippen molar-refractivity contribution < 1.29 is 18.4 Å². The van der Waals surface area contributed by atoms with E-state index in [0.29, 0.717) is 25.7 Å². The van der Waals surface area contributed by atoms with Crippen molar-refractivity contribution in [3.05, 3.63) is 0 Å². The molecule has 0 aromatic carbocycles. The molecule has 0 amide bonds. The van der Waals surface area contributed by atoms with Crippen molar-refractivity contribution in [3.63, 3.8) is 0 Å². The summed E-state index contributed by atoms with van der Waals surface area (Å²) in [6, 6.07) is 0.677. The minimum Gasteiger partial charge on any atom is -0.396 e. The number of aliphatic hydroxyl groups excluding tert-OH is 1. The summed E-state index contributed by atoms with van der Waals surface area (Å²) in [5.41, 5.74) is 0. The molecule has 18 heavy (non-hydrogen) atoms. The third kappa shape index (κ3) is 7.76. The zero-order valence-corrected chi connectivity index (χ0v) is 13.7. The molecule has 1 unspecified atom stereocenters. The molecule has 0 saturated carbocycles. The lowest BCUT2D eigenvalue weighted by atomic mass is 10.2. The summed E-state index contributed by atoms with van der Waals surface area (Å²) in [4.78, 5) is 0. The van der Waals surface area contributed by atoms with E-state index in [9.17, 15) is 0 Å². The van der Waals surface area contributed by atoms with Crippen LogP contribution in [0, 0.1) is 0 Å². The second-order valence-electron chi connectivity index (χ2n) is 4.17. The van der Waals surface area contributed by atoms with Gasteiger partial charge in [0.1, 0.15) is 0 Å². The van der Waals surface area contributed by atoms with Gasteiger partial charge in [0, 0.05) is 32.0 Å². The van der Waals surface area contributed by atoms with Gasteiger partial charge in [-0.25, -0.2) is 0 Å². The lowest BCUT2D eigenvalue weighted by molar-refractivity contribution is 0.0341. The molecule has 1 N–H and O–H groups in total. The second-order valence-corrected chi connectivity index (χ2v) is 7.30. The van der Waals surface area contributed by atoms with Crippen LogP contribution in [0.2, 0.25) is 6.04 Å². The molecule has 1 atom stereocenters.